The molecule has 6 nitrogen and oxygen atoms in total. The first-order valence-corrected chi connectivity index (χ1v) is 9.52. The third-order valence-electron chi connectivity index (χ3n) is 4.78. The molecule has 1 aliphatic heterocycles. The third kappa shape index (κ3) is 4.17. The van der Waals surface area contributed by atoms with E-state index in [0.717, 1.165) is 42.5 Å². The Morgan fingerprint density at radius 2 is 1.86 bits per heavy atom. The lowest BCUT2D eigenvalue weighted by atomic mass is 10.0. The lowest BCUT2D eigenvalue weighted by Crippen LogP contribution is -2.25. The predicted molar refractivity (Wildman–Crippen MR) is 111 cm³/mol. The number of benzene rings is 2. The Bertz CT molecular complexity index is 914. The second-order valence-corrected chi connectivity index (χ2v) is 6.60. The van der Waals surface area contributed by atoms with Gasteiger partial charge in [-0.05, 0) is 48.7 Å². The highest BCUT2D eigenvalue weighted by atomic mass is 16.5. The molecule has 144 valence electrons. The van der Waals surface area contributed by atoms with E-state index in [9.17, 15) is 0 Å². The highest BCUT2D eigenvalue weighted by Gasteiger charge is 2.18. The quantitative estimate of drug-likeness (QED) is 0.628. The van der Waals surface area contributed by atoms with Gasteiger partial charge in [-0.1, -0.05) is 18.2 Å². The Labute approximate surface area is 165 Å². The number of methoxy groups -OCH3 is 1. The molecule has 4 rings (SSSR count). The number of hydrogen-bond donors (Lipinski definition) is 1. The summed E-state index contributed by atoms with van der Waals surface area (Å²) < 4.78 is 10.9. The number of anilines is 3. The number of aromatic nitrogens is 2. The van der Waals surface area contributed by atoms with Crippen LogP contribution in [0.1, 0.15) is 12.0 Å². The van der Waals surface area contributed by atoms with Gasteiger partial charge in [-0.15, -0.1) is 0 Å². The maximum absolute atomic E-state index is 5.75. The van der Waals surface area contributed by atoms with Crippen molar-refractivity contribution in [2.75, 3.05) is 37.0 Å². The van der Waals surface area contributed by atoms with Crippen molar-refractivity contribution in [2.45, 2.75) is 12.8 Å². The summed E-state index contributed by atoms with van der Waals surface area (Å²) in [6, 6.07) is 18.1. The molecule has 0 saturated carbocycles. The van der Waals surface area contributed by atoms with E-state index in [2.05, 4.69) is 44.5 Å². The number of nitrogens with zero attached hydrogens (tertiary/aromatic N) is 3. The molecule has 0 unspecified atom stereocenters. The second kappa shape index (κ2) is 8.61. The van der Waals surface area contributed by atoms with Crippen molar-refractivity contribution in [2.24, 2.45) is 0 Å². The molecule has 0 spiro atoms. The normalized spacial score (nSPS) is 13.0. The van der Waals surface area contributed by atoms with Gasteiger partial charge in [-0.3, -0.25) is 0 Å². The minimum absolute atomic E-state index is 0.540. The Morgan fingerprint density at radius 3 is 2.71 bits per heavy atom. The maximum atomic E-state index is 5.75. The minimum atomic E-state index is 0.540. The van der Waals surface area contributed by atoms with E-state index in [4.69, 9.17) is 9.47 Å². The summed E-state index contributed by atoms with van der Waals surface area (Å²) in [6.45, 7) is 2.16. The summed E-state index contributed by atoms with van der Waals surface area (Å²) in [5, 5.41) is 3.31. The molecule has 0 bridgehead atoms. The molecular formula is C22H24N4O2. The summed E-state index contributed by atoms with van der Waals surface area (Å²) >= 11 is 0. The second-order valence-electron chi connectivity index (χ2n) is 6.60. The molecule has 0 saturated heterocycles. The number of nitrogens with one attached hydrogen (secondary N) is 1. The summed E-state index contributed by atoms with van der Waals surface area (Å²) in [7, 11) is 1.65. The SMILES string of the molecule is COc1ccc(OCCNc2cc(N3CCCc4ccccc43)ncn2)cc1. The molecule has 2 aromatic carbocycles. The molecule has 1 aliphatic rings. The van der Waals surface area contributed by atoms with Crippen molar-refractivity contribution in [3.8, 4) is 11.5 Å². The zero-order valence-electron chi connectivity index (χ0n) is 16.0. The van der Waals surface area contributed by atoms with Gasteiger partial charge < -0.3 is 19.7 Å². The molecule has 2 heterocycles. The van der Waals surface area contributed by atoms with Crippen LogP contribution < -0.4 is 19.7 Å². The van der Waals surface area contributed by atoms with E-state index >= 15 is 0 Å². The number of ether oxygens (including phenoxy) is 2. The first-order chi connectivity index (χ1) is 13.8. The van der Waals surface area contributed by atoms with Gasteiger partial charge in [-0.2, -0.15) is 0 Å². The average molecular weight is 376 g/mol. The zero-order chi connectivity index (χ0) is 19.2. The van der Waals surface area contributed by atoms with Crippen LogP contribution in [0.15, 0.2) is 60.9 Å². The van der Waals surface area contributed by atoms with Gasteiger partial charge in [0.25, 0.3) is 0 Å². The van der Waals surface area contributed by atoms with E-state index < -0.39 is 0 Å². The first kappa shape index (κ1) is 18.1. The number of rotatable bonds is 7. The molecule has 28 heavy (non-hydrogen) atoms. The van der Waals surface area contributed by atoms with E-state index in [1.807, 2.05) is 30.3 Å². The van der Waals surface area contributed by atoms with Crippen LogP contribution in [-0.4, -0.2) is 36.8 Å². The Balaban J connectivity index is 1.35. The Hall–Kier alpha value is -3.28. The van der Waals surface area contributed by atoms with Gasteiger partial charge >= 0.3 is 0 Å². The van der Waals surface area contributed by atoms with Crippen LogP contribution in [0.4, 0.5) is 17.3 Å². The topological polar surface area (TPSA) is 59.5 Å². The number of fused-ring (bicyclic) bond motifs is 1. The molecule has 1 N–H and O–H groups in total. The molecule has 0 amide bonds. The fraction of sp³-hybridized carbons (Fsp3) is 0.273. The van der Waals surface area contributed by atoms with Crippen LogP contribution in [0.2, 0.25) is 0 Å². The van der Waals surface area contributed by atoms with Crippen molar-refractivity contribution in [1.82, 2.24) is 9.97 Å². The summed E-state index contributed by atoms with van der Waals surface area (Å²) in [6.07, 6.45) is 3.85. The number of para-hydroxylation sites is 1. The molecule has 3 aromatic rings. The average Bonchev–Trinajstić information content (AvgIpc) is 2.77. The van der Waals surface area contributed by atoms with Crippen molar-refractivity contribution in [3.05, 3.63) is 66.5 Å². The standard InChI is InChI=1S/C22H24N4O2/c1-27-18-8-10-19(11-9-18)28-14-12-23-21-15-22(25-16-24-21)26-13-4-6-17-5-2-3-7-20(17)26/h2-3,5,7-11,15-16H,4,6,12-14H2,1H3,(H,23,24,25). The summed E-state index contributed by atoms with van der Waals surface area (Å²) in [5.41, 5.74) is 2.61. The fourth-order valence-corrected chi connectivity index (χ4v) is 3.38. The van der Waals surface area contributed by atoms with Crippen LogP contribution in [0.5, 0.6) is 11.5 Å². The molecular weight excluding hydrogens is 352 g/mol. The molecule has 6 heteroatoms. The van der Waals surface area contributed by atoms with Crippen molar-refractivity contribution >= 4 is 17.3 Å². The van der Waals surface area contributed by atoms with Crippen molar-refractivity contribution in [3.63, 3.8) is 0 Å². The van der Waals surface area contributed by atoms with Gasteiger partial charge in [0.15, 0.2) is 0 Å². The van der Waals surface area contributed by atoms with Gasteiger partial charge in [0.1, 0.15) is 36.1 Å². The lowest BCUT2D eigenvalue weighted by Gasteiger charge is -2.30. The zero-order valence-corrected chi connectivity index (χ0v) is 16.0. The van der Waals surface area contributed by atoms with E-state index in [1.165, 1.54) is 11.3 Å². The van der Waals surface area contributed by atoms with Crippen molar-refractivity contribution < 1.29 is 9.47 Å². The molecule has 1 aromatic heterocycles. The third-order valence-corrected chi connectivity index (χ3v) is 4.78. The molecule has 0 atom stereocenters. The fourth-order valence-electron chi connectivity index (χ4n) is 3.38. The lowest BCUT2D eigenvalue weighted by molar-refractivity contribution is 0.331. The summed E-state index contributed by atoms with van der Waals surface area (Å²) in [4.78, 5) is 11.1. The van der Waals surface area contributed by atoms with Crippen LogP contribution in [0.3, 0.4) is 0 Å². The monoisotopic (exact) mass is 376 g/mol. The number of hydrogen-bond acceptors (Lipinski definition) is 6. The minimum Gasteiger partial charge on any atom is -0.497 e. The van der Waals surface area contributed by atoms with Gasteiger partial charge in [0.2, 0.25) is 0 Å². The van der Waals surface area contributed by atoms with Crippen LogP contribution in [0.25, 0.3) is 0 Å². The van der Waals surface area contributed by atoms with E-state index in [-0.39, 0.29) is 0 Å². The van der Waals surface area contributed by atoms with Crippen LogP contribution in [-0.2, 0) is 6.42 Å². The Morgan fingerprint density at radius 1 is 1.04 bits per heavy atom. The maximum Gasteiger partial charge on any atom is 0.138 e. The smallest absolute Gasteiger partial charge is 0.138 e. The first-order valence-electron chi connectivity index (χ1n) is 9.52. The highest BCUT2D eigenvalue weighted by molar-refractivity contribution is 5.66. The van der Waals surface area contributed by atoms with Gasteiger partial charge in [-0.25, -0.2) is 9.97 Å². The molecule has 0 aliphatic carbocycles. The van der Waals surface area contributed by atoms with E-state index in [0.29, 0.717) is 13.2 Å². The molecule has 0 radical (unpaired) electrons. The summed E-state index contributed by atoms with van der Waals surface area (Å²) in [5.74, 6) is 3.35. The van der Waals surface area contributed by atoms with Crippen LogP contribution >= 0.6 is 0 Å². The largest absolute Gasteiger partial charge is 0.497 e. The van der Waals surface area contributed by atoms with Crippen molar-refractivity contribution in [1.29, 1.82) is 0 Å². The highest BCUT2D eigenvalue weighted by Crippen LogP contribution is 2.32. The Kier molecular flexibility index (Phi) is 5.56. The van der Waals surface area contributed by atoms with Crippen LogP contribution in [0, 0.1) is 0 Å². The van der Waals surface area contributed by atoms with E-state index in [1.54, 1.807) is 13.4 Å². The number of aryl methyl sites for hydroxylation is 1. The van der Waals surface area contributed by atoms with Gasteiger partial charge in [0.05, 0.1) is 13.7 Å². The van der Waals surface area contributed by atoms with Gasteiger partial charge in [0, 0.05) is 18.3 Å². The predicted octanol–water partition coefficient (Wildman–Crippen LogP) is 4.06. The molecule has 0 fully saturated rings.